The fourth-order valence-electron chi connectivity index (χ4n) is 1.77. The largest absolute Gasteiger partial charge is 0.411 e. The van der Waals surface area contributed by atoms with Gasteiger partial charge in [0.15, 0.2) is 0 Å². The van der Waals surface area contributed by atoms with Crippen molar-refractivity contribution in [2.24, 2.45) is 0 Å². The first-order chi connectivity index (χ1) is 10.8. The average Bonchev–Trinajstić information content (AvgIpc) is 3.02. The van der Waals surface area contributed by atoms with E-state index in [-0.39, 0.29) is 0 Å². The summed E-state index contributed by atoms with van der Waals surface area (Å²) in [6.45, 7) is 0. The molecule has 3 nitrogen and oxygen atoms in total. The zero-order valence-electron chi connectivity index (χ0n) is 11.5. The highest BCUT2D eigenvalue weighted by Crippen LogP contribution is 2.28. The number of nitrogens with zero attached hydrogens (tertiary/aromatic N) is 2. The molecule has 0 saturated carbocycles. The van der Waals surface area contributed by atoms with E-state index in [4.69, 9.17) is 4.42 Å². The van der Waals surface area contributed by atoms with E-state index in [0.29, 0.717) is 16.9 Å². The van der Waals surface area contributed by atoms with Crippen molar-refractivity contribution < 1.29 is 4.42 Å². The maximum Gasteiger partial charge on any atom is 0.277 e. The Morgan fingerprint density at radius 2 is 1.77 bits per heavy atom. The molecule has 0 unspecified atom stereocenters. The predicted molar refractivity (Wildman–Crippen MR) is 91.5 cm³/mol. The molecule has 0 amide bonds. The first-order valence-corrected chi connectivity index (χ1v) is 8.36. The van der Waals surface area contributed by atoms with Crippen LogP contribution in [-0.4, -0.2) is 16.0 Å². The highest BCUT2D eigenvalue weighted by Gasteiger charge is 2.10. The number of hydrogen-bond donors (Lipinski definition) is 0. The van der Waals surface area contributed by atoms with Crippen LogP contribution >= 0.6 is 27.7 Å². The van der Waals surface area contributed by atoms with Crippen LogP contribution in [0.25, 0.3) is 11.5 Å². The third kappa shape index (κ3) is 3.79. The van der Waals surface area contributed by atoms with Crippen LogP contribution in [-0.2, 0) is 0 Å². The van der Waals surface area contributed by atoms with Crippen molar-refractivity contribution in [1.82, 2.24) is 10.2 Å². The standard InChI is InChI=1S/C17H11BrN2OS/c18-15-11-5-4-10-14(15)16-19-20-17(21-16)22-12-6-9-13-7-2-1-3-8-13/h1-5,7-8,10-11H,12H2. The maximum atomic E-state index is 5.65. The Bertz CT molecular complexity index is 821. The lowest BCUT2D eigenvalue weighted by Gasteiger charge is -1.96. The molecule has 2 aromatic carbocycles. The zero-order chi connectivity index (χ0) is 15.2. The van der Waals surface area contributed by atoms with Crippen LogP contribution < -0.4 is 0 Å². The van der Waals surface area contributed by atoms with Crippen LogP contribution in [0.1, 0.15) is 5.56 Å². The number of hydrogen-bond acceptors (Lipinski definition) is 4. The number of thioether (sulfide) groups is 1. The van der Waals surface area contributed by atoms with E-state index in [0.717, 1.165) is 15.6 Å². The van der Waals surface area contributed by atoms with E-state index in [1.54, 1.807) is 0 Å². The summed E-state index contributed by atoms with van der Waals surface area (Å²) in [5.41, 5.74) is 1.89. The quantitative estimate of drug-likeness (QED) is 0.497. The molecule has 0 atom stereocenters. The first kappa shape index (κ1) is 14.9. The fraction of sp³-hybridized carbons (Fsp3) is 0.0588. The molecule has 0 radical (unpaired) electrons. The SMILES string of the molecule is Brc1ccccc1-c1nnc(SCC#Cc2ccccc2)o1. The van der Waals surface area contributed by atoms with E-state index in [9.17, 15) is 0 Å². The van der Waals surface area contributed by atoms with Gasteiger partial charge in [-0.3, -0.25) is 0 Å². The summed E-state index contributed by atoms with van der Waals surface area (Å²) >= 11 is 4.91. The Balaban J connectivity index is 1.64. The molecule has 1 heterocycles. The predicted octanol–water partition coefficient (Wildman–Crippen LogP) is 4.64. The van der Waals surface area contributed by atoms with Crippen LogP contribution in [0.15, 0.2) is 68.7 Å². The highest BCUT2D eigenvalue weighted by atomic mass is 79.9. The van der Waals surface area contributed by atoms with Gasteiger partial charge < -0.3 is 4.42 Å². The summed E-state index contributed by atoms with van der Waals surface area (Å²) in [7, 11) is 0. The lowest BCUT2D eigenvalue weighted by atomic mass is 10.2. The van der Waals surface area contributed by atoms with Crippen molar-refractivity contribution in [3.8, 4) is 23.3 Å². The Morgan fingerprint density at radius 3 is 2.59 bits per heavy atom. The molecule has 3 rings (SSSR count). The number of benzene rings is 2. The summed E-state index contributed by atoms with van der Waals surface area (Å²) in [6.07, 6.45) is 0. The lowest BCUT2D eigenvalue weighted by Crippen LogP contribution is -1.78. The highest BCUT2D eigenvalue weighted by molar-refractivity contribution is 9.10. The Morgan fingerprint density at radius 1 is 1.00 bits per heavy atom. The van der Waals surface area contributed by atoms with Gasteiger partial charge in [-0.25, -0.2) is 0 Å². The summed E-state index contributed by atoms with van der Waals surface area (Å²) in [4.78, 5) is 0. The van der Waals surface area contributed by atoms with Crippen LogP contribution in [0.3, 0.4) is 0 Å². The number of aromatic nitrogens is 2. The van der Waals surface area contributed by atoms with Crippen molar-refractivity contribution in [2.75, 3.05) is 5.75 Å². The fourth-order valence-corrected chi connectivity index (χ4v) is 2.73. The summed E-state index contributed by atoms with van der Waals surface area (Å²) in [5, 5.41) is 8.63. The molecular formula is C17H11BrN2OS. The molecule has 0 fully saturated rings. The van der Waals surface area contributed by atoms with E-state index in [1.807, 2.05) is 54.6 Å². The van der Waals surface area contributed by atoms with Gasteiger partial charge >= 0.3 is 0 Å². The second kappa shape index (κ2) is 7.30. The first-order valence-electron chi connectivity index (χ1n) is 6.58. The molecule has 0 aliphatic heterocycles. The lowest BCUT2D eigenvalue weighted by molar-refractivity contribution is 0.466. The second-order valence-electron chi connectivity index (χ2n) is 4.31. The molecule has 0 spiro atoms. The summed E-state index contributed by atoms with van der Waals surface area (Å²) < 4.78 is 6.58. The number of halogens is 1. The molecule has 0 aliphatic rings. The molecule has 5 heteroatoms. The van der Waals surface area contributed by atoms with Gasteiger partial charge in [0, 0.05) is 10.0 Å². The van der Waals surface area contributed by atoms with Gasteiger partial charge in [-0.2, -0.15) is 0 Å². The number of rotatable bonds is 3. The van der Waals surface area contributed by atoms with Crippen molar-refractivity contribution in [3.63, 3.8) is 0 Å². The minimum atomic E-state index is 0.506. The van der Waals surface area contributed by atoms with E-state index < -0.39 is 0 Å². The molecule has 0 aliphatic carbocycles. The maximum absolute atomic E-state index is 5.65. The topological polar surface area (TPSA) is 38.9 Å². The van der Waals surface area contributed by atoms with Gasteiger partial charge in [-0.15, -0.1) is 10.2 Å². The van der Waals surface area contributed by atoms with Gasteiger partial charge in [-0.05, 0) is 40.2 Å². The average molecular weight is 371 g/mol. The van der Waals surface area contributed by atoms with Crippen molar-refractivity contribution in [1.29, 1.82) is 0 Å². The molecule has 0 bridgehead atoms. The minimum Gasteiger partial charge on any atom is -0.411 e. The van der Waals surface area contributed by atoms with Gasteiger partial charge in [0.25, 0.3) is 5.22 Å². The van der Waals surface area contributed by atoms with Gasteiger partial charge in [0.05, 0.1) is 11.3 Å². The molecule has 0 saturated heterocycles. The van der Waals surface area contributed by atoms with Gasteiger partial charge in [0.2, 0.25) is 5.89 Å². The molecule has 3 aromatic rings. The normalized spacial score (nSPS) is 10.0. The molecule has 0 N–H and O–H groups in total. The van der Waals surface area contributed by atoms with Crippen molar-refractivity contribution in [2.45, 2.75) is 5.22 Å². The van der Waals surface area contributed by atoms with Crippen LogP contribution in [0, 0.1) is 11.8 Å². The zero-order valence-corrected chi connectivity index (χ0v) is 13.9. The summed E-state index contributed by atoms with van der Waals surface area (Å²) in [5.74, 6) is 7.29. The second-order valence-corrected chi connectivity index (χ2v) is 6.09. The van der Waals surface area contributed by atoms with E-state index in [1.165, 1.54) is 11.8 Å². The van der Waals surface area contributed by atoms with Crippen LogP contribution in [0.5, 0.6) is 0 Å². The van der Waals surface area contributed by atoms with E-state index >= 15 is 0 Å². The van der Waals surface area contributed by atoms with Gasteiger partial charge in [-0.1, -0.05) is 53.9 Å². The third-order valence-corrected chi connectivity index (χ3v) is 4.18. The molecular weight excluding hydrogens is 360 g/mol. The van der Waals surface area contributed by atoms with Crippen LogP contribution in [0.2, 0.25) is 0 Å². The smallest absolute Gasteiger partial charge is 0.277 e. The van der Waals surface area contributed by atoms with Crippen molar-refractivity contribution >= 4 is 27.7 Å². The Kier molecular flexibility index (Phi) is 4.94. The third-order valence-electron chi connectivity index (χ3n) is 2.79. The minimum absolute atomic E-state index is 0.506. The Hall–Kier alpha value is -2.03. The molecule has 1 aromatic heterocycles. The Labute approximate surface area is 141 Å². The monoisotopic (exact) mass is 370 g/mol. The van der Waals surface area contributed by atoms with Crippen LogP contribution in [0.4, 0.5) is 0 Å². The van der Waals surface area contributed by atoms with Gasteiger partial charge in [0.1, 0.15) is 0 Å². The van der Waals surface area contributed by atoms with Crippen molar-refractivity contribution in [3.05, 3.63) is 64.6 Å². The molecule has 22 heavy (non-hydrogen) atoms. The molecule has 108 valence electrons. The van der Waals surface area contributed by atoms with E-state index in [2.05, 4.69) is 38.0 Å². The summed E-state index contributed by atoms with van der Waals surface area (Å²) in [6, 6.07) is 17.6.